The molecule has 0 radical (unpaired) electrons. The molecule has 0 amide bonds. The van der Waals surface area contributed by atoms with Gasteiger partial charge < -0.3 is 14.0 Å². The highest BCUT2D eigenvalue weighted by atomic mass is 32.2. The topological polar surface area (TPSA) is 66.2 Å². The molecule has 6 nitrogen and oxygen atoms in total. The van der Waals surface area contributed by atoms with Gasteiger partial charge in [0.05, 0.1) is 13.7 Å². The minimum absolute atomic E-state index is 0.541. The first-order valence-corrected chi connectivity index (χ1v) is 9.62. The van der Waals surface area contributed by atoms with Crippen molar-refractivity contribution in [2.45, 2.75) is 18.6 Å². The number of carbonyl (C=O) groups excluding carboxylic acids is 1. The molecule has 140 valence electrons. The van der Waals surface area contributed by atoms with Crippen molar-refractivity contribution in [3.63, 3.8) is 0 Å². The summed E-state index contributed by atoms with van der Waals surface area (Å²) < 4.78 is 13.0. The van der Waals surface area contributed by atoms with Crippen LogP contribution in [0, 0.1) is 0 Å². The van der Waals surface area contributed by atoms with E-state index in [0.717, 1.165) is 46.6 Å². The fourth-order valence-corrected chi connectivity index (χ4v) is 3.39. The number of carbonyl (C=O) groups is 1. The normalized spacial score (nSPS) is 10.6. The zero-order valence-electron chi connectivity index (χ0n) is 15.3. The van der Waals surface area contributed by atoms with Gasteiger partial charge in [0, 0.05) is 23.4 Å². The first kappa shape index (κ1) is 19.0. The molecule has 0 unspecified atom stereocenters. The van der Waals surface area contributed by atoms with E-state index >= 15 is 0 Å². The molecule has 1 heterocycles. The van der Waals surface area contributed by atoms with Crippen LogP contribution in [-0.4, -0.2) is 40.5 Å². The van der Waals surface area contributed by atoms with Crippen LogP contribution in [0.1, 0.15) is 17.3 Å². The van der Waals surface area contributed by atoms with Gasteiger partial charge in [-0.3, -0.25) is 4.79 Å². The Labute approximate surface area is 162 Å². The third kappa shape index (κ3) is 4.68. The van der Waals surface area contributed by atoms with Crippen molar-refractivity contribution >= 4 is 18.0 Å². The van der Waals surface area contributed by atoms with Crippen molar-refractivity contribution in [3.05, 3.63) is 54.1 Å². The van der Waals surface area contributed by atoms with E-state index in [2.05, 4.69) is 21.7 Å². The van der Waals surface area contributed by atoms with Crippen molar-refractivity contribution in [1.29, 1.82) is 0 Å². The standard InChI is InChI=1S/C20H21N3O3S/c1-3-23-19(16-6-10-17(25-2)11-7-16)21-22-20(23)27-13-12-26-18-8-4-15(14-24)5-9-18/h4-11,14H,3,12-13H2,1-2H3. The highest BCUT2D eigenvalue weighted by Gasteiger charge is 2.13. The fourth-order valence-electron chi connectivity index (χ4n) is 2.57. The van der Waals surface area contributed by atoms with E-state index in [-0.39, 0.29) is 0 Å². The van der Waals surface area contributed by atoms with Gasteiger partial charge in [-0.15, -0.1) is 10.2 Å². The molecule has 0 aliphatic heterocycles. The van der Waals surface area contributed by atoms with E-state index in [4.69, 9.17) is 9.47 Å². The lowest BCUT2D eigenvalue weighted by atomic mass is 10.2. The van der Waals surface area contributed by atoms with Crippen molar-refractivity contribution < 1.29 is 14.3 Å². The summed E-state index contributed by atoms with van der Waals surface area (Å²) in [6.07, 6.45) is 0.817. The Hall–Kier alpha value is -2.80. The van der Waals surface area contributed by atoms with Gasteiger partial charge in [0.25, 0.3) is 0 Å². The van der Waals surface area contributed by atoms with Gasteiger partial charge in [0.15, 0.2) is 11.0 Å². The molecule has 1 aromatic heterocycles. The van der Waals surface area contributed by atoms with Crippen LogP contribution in [0.4, 0.5) is 0 Å². The predicted octanol–water partition coefficient (Wildman–Crippen LogP) is 3.96. The Morgan fingerprint density at radius 1 is 1.04 bits per heavy atom. The van der Waals surface area contributed by atoms with Crippen molar-refractivity contribution in [2.24, 2.45) is 0 Å². The van der Waals surface area contributed by atoms with Gasteiger partial charge in [0.1, 0.15) is 17.8 Å². The molecule has 0 fully saturated rings. The zero-order valence-corrected chi connectivity index (χ0v) is 16.1. The quantitative estimate of drug-likeness (QED) is 0.317. The lowest BCUT2D eigenvalue weighted by molar-refractivity contribution is 0.112. The molecule has 0 atom stereocenters. The Kier molecular flexibility index (Phi) is 6.49. The largest absolute Gasteiger partial charge is 0.497 e. The molecule has 2 aromatic carbocycles. The molecule has 0 spiro atoms. The maximum Gasteiger partial charge on any atom is 0.191 e. The lowest BCUT2D eigenvalue weighted by Gasteiger charge is -2.09. The molecule has 27 heavy (non-hydrogen) atoms. The van der Waals surface area contributed by atoms with Crippen LogP contribution in [0.3, 0.4) is 0 Å². The monoisotopic (exact) mass is 383 g/mol. The third-order valence-corrected chi connectivity index (χ3v) is 4.91. The molecule has 3 aromatic rings. The van der Waals surface area contributed by atoms with E-state index in [0.29, 0.717) is 12.2 Å². The average Bonchev–Trinajstić information content (AvgIpc) is 3.14. The summed E-state index contributed by atoms with van der Waals surface area (Å²) in [6.45, 7) is 3.40. The highest BCUT2D eigenvalue weighted by Crippen LogP contribution is 2.25. The summed E-state index contributed by atoms with van der Waals surface area (Å²) in [5, 5.41) is 9.53. The predicted molar refractivity (Wildman–Crippen MR) is 106 cm³/mol. The van der Waals surface area contributed by atoms with Gasteiger partial charge in [-0.25, -0.2) is 0 Å². The number of thioether (sulfide) groups is 1. The molecule has 0 saturated carbocycles. The average molecular weight is 383 g/mol. The molecule has 0 saturated heterocycles. The van der Waals surface area contributed by atoms with E-state index < -0.39 is 0 Å². The summed E-state index contributed by atoms with van der Waals surface area (Å²) >= 11 is 1.61. The van der Waals surface area contributed by atoms with E-state index in [1.165, 1.54) is 0 Å². The lowest BCUT2D eigenvalue weighted by Crippen LogP contribution is -2.03. The highest BCUT2D eigenvalue weighted by molar-refractivity contribution is 7.99. The van der Waals surface area contributed by atoms with E-state index in [1.54, 1.807) is 43.1 Å². The Balaban J connectivity index is 1.59. The smallest absolute Gasteiger partial charge is 0.191 e. The maximum atomic E-state index is 10.7. The molecule has 7 heteroatoms. The second-order valence-electron chi connectivity index (χ2n) is 5.66. The number of aldehydes is 1. The minimum Gasteiger partial charge on any atom is -0.497 e. The summed E-state index contributed by atoms with van der Waals surface area (Å²) in [4.78, 5) is 10.7. The number of rotatable bonds is 9. The van der Waals surface area contributed by atoms with Gasteiger partial charge in [0.2, 0.25) is 0 Å². The minimum atomic E-state index is 0.541. The van der Waals surface area contributed by atoms with Crippen LogP contribution >= 0.6 is 11.8 Å². The first-order valence-electron chi connectivity index (χ1n) is 8.63. The molecular formula is C20H21N3O3S. The number of methoxy groups -OCH3 is 1. The molecular weight excluding hydrogens is 362 g/mol. The Morgan fingerprint density at radius 3 is 2.37 bits per heavy atom. The maximum absolute atomic E-state index is 10.7. The Morgan fingerprint density at radius 2 is 1.74 bits per heavy atom. The van der Waals surface area contributed by atoms with Crippen LogP contribution < -0.4 is 9.47 Å². The van der Waals surface area contributed by atoms with Crippen LogP contribution in [0.5, 0.6) is 11.5 Å². The van der Waals surface area contributed by atoms with Crippen LogP contribution in [-0.2, 0) is 6.54 Å². The fraction of sp³-hybridized carbons (Fsp3) is 0.250. The zero-order chi connectivity index (χ0) is 19.1. The Bertz CT molecular complexity index is 876. The van der Waals surface area contributed by atoms with Crippen molar-refractivity contribution in [2.75, 3.05) is 19.5 Å². The molecule has 0 bridgehead atoms. The van der Waals surface area contributed by atoms with Gasteiger partial charge >= 0.3 is 0 Å². The SMILES string of the molecule is CCn1c(SCCOc2ccc(C=O)cc2)nnc1-c1ccc(OC)cc1. The summed E-state index contributed by atoms with van der Waals surface area (Å²) in [7, 11) is 1.65. The number of nitrogens with zero attached hydrogens (tertiary/aromatic N) is 3. The van der Waals surface area contributed by atoms with Crippen molar-refractivity contribution in [1.82, 2.24) is 14.8 Å². The summed E-state index contributed by atoms with van der Waals surface area (Å²) in [5.74, 6) is 3.15. The van der Waals surface area contributed by atoms with Crippen LogP contribution in [0.25, 0.3) is 11.4 Å². The van der Waals surface area contributed by atoms with Crippen LogP contribution in [0.2, 0.25) is 0 Å². The first-order chi connectivity index (χ1) is 13.2. The second-order valence-corrected chi connectivity index (χ2v) is 6.72. The van der Waals surface area contributed by atoms with Crippen molar-refractivity contribution in [3.8, 4) is 22.9 Å². The molecule has 0 N–H and O–H groups in total. The summed E-state index contributed by atoms with van der Waals surface area (Å²) in [6, 6.07) is 14.9. The van der Waals surface area contributed by atoms with E-state index in [1.807, 2.05) is 24.3 Å². The molecule has 0 aliphatic carbocycles. The number of hydrogen-bond acceptors (Lipinski definition) is 6. The van der Waals surface area contributed by atoms with Gasteiger partial charge in [-0.05, 0) is 55.5 Å². The van der Waals surface area contributed by atoms with E-state index in [9.17, 15) is 4.79 Å². The third-order valence-electron chi connectivity index (χ3n) is 3.98. The number of benzene rings is 2. The second kappa shape index (κ2) is 9.23. The van der Waals surface area contributed by atoms with Crippen LogP contribution in [0.15, 0.2) is 53.7 Å². The number of ether oxygens (including phenoxy) is 2. The number of aromatic nitrogens is 3. The molecule has 0 aliphatic rings. The van der Waals surface area contributed by atoms with Gasteiger partial charge in [-0.1, -0.05) is 11.8 Å². The van der Waals surface area contributed by atoms with Gasteiger partial charge in [-0.2, -0.15) is 0 Å². The molecule has 3 rings (SSSR count). The summed E-state index contributed by atoms with van der Waals surface area (Å²) in [5.41, 5.74) is 1.64. The number of hydrogen-bond donors (Lipinski definition) is 0.